The lowest BCUT2D eigenvalue weighted by Crippen LogP contribution is -2.33. The summed E-state index contributed by atoms with van der Waals surface area (Å²) in [4.78, 5) is 11.5. The van der Waals surface area contributed by atoms with E-state index in [2.05, 4.69) is 13.8 Å². The highest BCUT2D eigenvalue weighted by atomic mass is 16.2. The van der Waals surface area contributed by atoms with Crippen LogP contribution in [0.5, 0.6) is 0 Å². The second-order valence-corrected chi connectivity index (χ2v) is 4.21. The van der Waals surface area contributed by atoms with Gasteiger partial charge in [0.05, 0.1) is 0 Å². The van der Waals surface area contributed by atoms with Crippen LogP contribution in [-0.2, 0) is 6.42 Å². The summed E-state index contributed by atoms with van der Waals surface area (Å²) in [6, 6.07) is 7.61. The van der Waals surface area contributed by atoms with Gasteiger partial charge in [-0.1, -0.05) is 26.0 Å². The molecule has 0 aromatic heterocycles. The number of hydrazine groups is 1. The van der Waals surface area contributed by atoms with Crippen molar-refractivity contribution in [3.05, 3.63) is 35.4 Å². The Balaban J connectivity index is 2.76. The number of carbonyl (C=O) groups is 1. The van der Waals surface area contributed by atoms with Gasteiger partial charge in [0.2, 0.25) is 0 Å². The fourth-order valence-corrected chi connectivity index (χ4v) is 1.46. The molecule has 0 unspecified atom stereocenters. The van der Waals surface area contributed by atoms with Crippen LogP contribution in [-0.4, -0.2) is 18.0 Å². The number of nitrogens with zero attached hydrogens (tertiary/aromatic N) is 1. The molecule has 1 amide bonds. The maximum Gasteiger partial charge on any atom is 0.267 e. The Kier molecular flexibility index (Phi) is 3.86. The standard InChI is InChI=1S/C12H18N2O/c1-9(2)8-10-4-6-11(7-5-10)12(15)14(3)13/h4-7,9H,8,13H2,1-3H3. The van der Waals surface area contributed by atoms with Crippen molar-refractivity contribution in [1.29, 1.82) is 0 Å². The van der Waals surface area contributed by atoms with Crippen LogP contribution in [0.1, 0.15) is 29.8 Å². The van der Waals surface area contributed by atoms with E-state index >= 15 is 0 Å². The van der Waals surface area contributed by atoms with E-state index in [0.29, 0.717) is 11.5 Å². The predicted molar refractivity (Wildman–Crippen MR) is 61.3 cm³/mol. The molecule has 0 heterocycles. The maximum atomic E-state index is 11.5. The van der Waals surface area contributed by atoms with Crippen molar-refractivity contribution in [2.45, 2.75) is 20.3 Å². The summed E-state index contributed by atoms with van der Waals surface area (Å²) in [5, 5.41) is 1.09. The molecule has 3 heteroatoms. The highest BCUT2D eigenvalue weighted by molar-refractivity contribution is 5.93. The number of nitrogens with two attached hydrogens (primary N) is 1. The lowest BCUT2D eigenvalue weighted by molar-refractivity contribution is 0.0795. The maximum absolute atomic E-state index is 11.5. The van der Waals surface area contributed by atoms with Crippen LogP contribution >= 0.6 is 0 Å². The molecular weight excluding hydrogens is 188 g/mol. The molecule has 0 bridgehead atoms. The van der Waals surface area contributed by atoms with E-state index in [1.165, 1.54) is 5.56 Å². The third-order valence-corrected chi connectivity index (χ3v) is 2.17. The van der Waals surface area contributed by atoms with Gasteiger partial charge in [-0.25, -0.2) is 5.84 Å². The van der Waals surface area contributed by atoms with Crippen molar-refractivity contribution in [2.75, 3.05) is 7.05 Å². The SMILES string of the molecule is CC(C)Cc1ccc(C(=O)N(C)N)cc1. The van der Waals surface area contributed by atoms with E-state index in [4.69, 9.17) is 5.84 Å². The first-order valence-corrected chi connectivity index (χ1v) is 5.12. The Morgan fingerprint density at radius 2 is 1.87 bits per heavy atom. The highest BCUT2D eigenvalue weighted by Crippen LogP contribution is 2.10. The topological polar surface area (TPSA) is 46.3 Å². The lowest BCUT2D eigenvalue weighted by atomic mass is 10.0. The monoisotopic (exact) mass is 206 g/mol. The molecule has 82 valence electrons. The van der Waals surface area contributed by atoms with Crippen LogP contribution in [0.4, 0.5) is 0 Å². The first kappa shape index (κ1) is 11.7. The van der Waals surface area contributed by atoms with Gasteiger partial charge in [-0.05, 0) is 30.0 Å². The first-order chi connectivity index (χ1) is 7.00. The van der Waals surface area contributed by atoms with Crippen molar-refractivity contribution in [3.63, 3.8) is 0 Å². The summed E-state index contributed by atoms with van der Waals surface area (Å²) < 4.78 is 0. The van der Waals surface area contributed by atoms with E-state index < -0.39 is 0 Å². The summed E-state index contributed by atoms with van der Waals surface area (Å²) in [6.07, 6.45) is 1.03. The Hall–Kier alpha value is -1.35. The largest absolute Gasteiger partial charge is 0.280 e. The second kappa shape index (κ2) is 4.94. The van der Waals surface area contributed by atoms with Crippen LogP contribution < -0.4 is 5.84 Å². The van der Waals surface area contributed by atoms with Crippen LogP contribution in [0.2, 0.25) is 0 Å². The molecule has 0 radical (unpaired) electrons. The molecule has 0 aliphatic rings. The minimum absolute atomic E-state index is 0.161. The Labute approximate surface area is 90.9 Å². The molecular formula is C12H18N2O. The summed E-state index contributed by atoms with van der Waals surface area (Å²) >= 11 is 0. The van der Waals surface area contributed by atoms with Gasteiger partial charge in [0, 0.05) is 12.6 Å². The molecule has 0 saturated heterocycles. The van der Waals surface area contributed by atoms with Crippen LogP contribution in [0.25, 0.3) is 0 Å². The van der Waals surface area contributed by atoms with Crippen LogP contribution in [0, 0.1) is 5.92 Å². The number of hydrogen-bond donors (Lipinski definition) is 1. The van der Waals surface area contributed by atoms with E-state index in [1.54, 1.807) is 7.05 Å². The van der Waals surface area contributed by atoms with Crippen molar-refractivity contribution in [2.24, 2.45) is 11.8 Å². The molecule has 1 aromatic rings. The van der Waals surface area contributed by atoms with Crippen LogP contribution in [0.3, 0.4) is 0 Å². The van der Waals surface area contributed by atoms with Gasteiger partial charge in [0.15, 0.2) is 0 Å². The van der Waals surface area contributed by atoms with Crippen molar-refractivity contribution in [3.8, 4) is 0 Å². The van der Waals surface area contributed by atoms with Gasteiger partial charge >= 0.3 is 0 Å². The van der Waals surface area contributed by atoms with E-state index in [1.807, 2.05) is 24.3 Å². The lowest BCUT2D eigenvalue weighted by Gasteiger charge is -2.10. The molecule has 15 heavy (non-hydrogen) atoms. The van der Waals surface area contributed by atoms with Gasteiger partial charge < -0.3 is 0 Å². The third-order valence-electron chi connectivity index (χ3n) is 2.17. The van der Waals surface area contributed by atoms with Crippen molar-refractivity contribution < 1.29 is 4.79 Å². The minimum atomic E-state index is -0.161. The first-order valence-electron chi connectivity index (χ1n) is 5.12. The minimum Gasteiger partial charge on any atom is -0.280 e. The second-order valence-electron chi connectivity index (χ2n) is 4.21. The van der Waals surface area contributed by atoms with Gasteiger partial charge in [0.1, 0.15) is 0 Å². The van der Waals surface area contributed by atoms with Gasteiger partial charge in [-0.3, -0.25) is 9.80 Å². The molecule has 0 atom stereocenters. The third kappa shape index (κ3) is 3.36. The van der Waals surface area contributed by atoms with E-state index in [9.17, 15) is 4.79 Å². The average molecular weight is 206 g/mol. The zero-order chi connectivity index (χ0) is 11.4. The molecule has 0 fully saturated rings. The average Bonchev–Trinajstić information content (AvgIpc) is 2.17. The predicted octanol–water partition coefficient (Wildman–Crippen LogP) is 1.83. The zero-order valence-electron chi connectivity index (χ0n) is 9.53. The quantitative estimate of drug-likeness (QED) is 0.466. The fraction of sp³-hybridized carbons (Fsp3) is 0.417. The molecule has 1 rings (SSSR count). The summed E-state index contributed by atoms with van der Waals surface area (Å²) in [6.45, 7) is 4.35. The van der Waals surface area contributed by atoms with E-state index in [0.717, 1.165) is 11.4 Å². The Bertz CT molecular complexity index is 328. The molecule has 1 aromatic carbocycles. The summed E-state index contributed by atoms with van der Waals surface area (Å²) in [7, 11) is 1.55. The molecule has 0 saturated carbocycles. The number of benzene rings is 1. The van der Waals surface area contributed by atoms with E-state index in [-0.39, 0.29) is 5.91 Å². The normalized spacial score (nSPS) is 10.5. The number of carbonyl (C=O) groups excluding carboxylic acids is 1. The van der Waals surface area contributed by atoms with Crippen molar-refractivity contribution >= 4 is 5.91 Å². The van der Waals surface area contributed by atoms with Gasteiger partial charge in [-0.15, -0.1) is 0 Å². The van der Waals surface area contributed by atoms with Gasteiger partial charge in [0.25, 0.3) is 5.91 Å². The van der Waals surface area contributed by atoms with Gasteiger partial charge in [-0.2, -0.15) is 0 Å². The smallest absolute Gasteiger partial charge is 0.267 e. The summed E-state index contributed by atoms with van der Waals surface area (Å²) in [5.41, 5.74) is 1.88. The molecule has 3 nitrogen and oxygen atoms in total. The number of hydrogen-bond acceptors (Lipinski definition) is 2. The zero-order valence-corrected chi connectivity index (χ0v) is 9.53. The highest BCUT2D eigenvalue weighted by Gasteiger charge is 2.07. The number of rotatable bonds is 3. The fourth-order valence-electron chi connectivity index (χ4n) is 1.46. The van der Waals surface area contributed by atoms with Crippen LogP contribution in [0.15, 0.2) is 24.3 Å². The molecule has 0 spiro atoms. The summed E-state index contributed by atoms with van der Waals surface area (Å²) in [5.74, 6) is 5.84. The molecule has 0 aliphatic heterocycles. The Morgan fingerprint density at radius 1 is 1.33 bits per heavy atom. The molecule has 0 aliphatic carbocycles. The number of amides is 1. The Morgan fingerprint density at radius 3 is 2.27 bits per heavy atom. The molecule has 2 N–H and O–H groups in total. The van der Waals surface area contributed by atoms with Crippen molar-refractivity contribution in [1.82, 2.24) is 5.01 Å².